The molecule has 10 nitrogen and oxygen atoms in total. The number of hydrogen-bond donors (Lipinski definition) is 4. The van der Waals surface area contributed by atoms with Crippen LogP contribution < -0.4 is 10.6 Å². The number of aromatic nitrogens is 4. The lowest BCUT2D eigenvalue weighted by Gasteiger charge is -2.15. The molecule has 4 amide bonds. The molecule has 0 saturated carbocycles. The largest absolute Gasteiger partial charge is 0.361 e. The molecule has 8 aromatic rings. The molecule has 1 fully saturated rings. The molecule has 286 valence electrons. The number of para-hydroxylation sites is 4. The van der Waals surface area contributed by atoms with Gasteiger partial charge in [0.05, 0.1) is 28.4 Å². The summed E-state index contributed by atoms with van der Waals surface area (Å²) in [6.45, 7) is 2.00. The molecule has 0 bridgehead atoms. The summed E-state index contributed by atoms with van der Waals surface area (Å²) < 4.78 is 4.61. The minimum atomic E-state index is -0.467. The van der Waals surface area contributed by atoms with E-state index in [2.05, 4.69) is 78.5 Å². The summed E-state index contributed by atoms with van der Waals surface area (Å²) in [7, 11) is 0. The van der Waals surface area contributed by atoms with Gasteiger partial charge in [-0.1, -0.05) is 72.8 Å². The molecule has 4 aliphatic heterocycles. The van der Waals surface area contributed by atoms with Gasteiger partial charge in [-0.2, -0.15) is 0 Å². The Balaban J connectivity index is 0.000000133. The average Bonchev–Trinajstić information content (AvgIpc) is 4.09. The van der Waals surface area contributed by atoms with Crippen molar-refractivity contribution in [3.8, 4) is 0 Å². The number of aromatic amines is 2. The van der Waals surface area contributed by atoms with Crippen molar-refractivity contribution >= 4 is 72.8 Å². The summed E-state index contributed by atoms with van der Waals surface area (Å²) in [5.74, 6) is -1.84. The molecule has 0 unspecified atom stereocenters. The molecule has 0 aliphatic carbocycles. The van der Waals surface area contributed by atoms with E-state index in [0.717, 1.165) is 82.8 Å². The molecule has 12 rings (SSSR count). The van der Waals surface area contributed by atoms with E-state index in [4.69, 9.17) is 0 Å². The van der Waals surface area contributed by atoms with E-state index in [1.54, 1.807) is 0 Å². The number of carbonyl (C=O) groups excluding carboxylic acids is 4. The molecule has 4 aromatic carbocycles. The Morgan fingerprint density at radius 1 is 0.586 bits per heavy atom. The van der Waals surface area contributed by atoms with Crippen molar-refractivity contribution in [2.45, 2.75) is 57.5 Å². The summed E-state index contributed by atoms with van der Waals surface area (Å²) in [5.41, 5.74) is 12.2. The van der Waals surface area contributed by atoms with Crippen LogP contribution in [0.5, 0.6) is 0 Å². The van der Waals surface area contributed by atoms with Gasteiger partial charge in [0.1, 0.15) is 0 Å². The molecule has 10 heteroatoms. The van der Waals surface area contributed by atoms with Crippen molar-refractivity contribution < 1.29 is 19.2 Å². The first-order valence-electron chi connectivity index (χ1n) is 20.2. The first kappa shape index (κ1) is 34.3. The number of nitrogens with one attached hydrogen (secondary N) is 4. The van der Waals surface area contributed by atoms with Crippen molar-refractivity contribution in [3.63, 3.8) is 0 Å². The molecule has 2 atom stereocenters. The summed E-state index contributed by atoms with van der Waals surface area (Å²) in [5, 5.41) is 9.45. The fraction of sp³-hybridized carbons (Fsp3) is 0.208. The molecule has 0 spiro atoms. The van der Waals surface area contributed by atoms with Crippen molar-refractivity contribution in [2.75, 3.05) is 0 Å². The number of rotatable bonds is 6. The molecular weight excluding hydrogens is 725 g/mol. The highest BCUT2D eigenvalue weighted by Gasteiger charge is 2.44. The van der Waals surface area contributed by atoms with Gasteiger partial charge >= 0.3 is 0 Å². The second kappa shape index (κ2) is 13.3. The highest BCUT2D eigenvalue weighted by Crippen LogP contribution is 2.39. The Hall–Kier alpha value is -6.94. The average molecular weight is 765 g/mol. The van der Waals surface area contributed by atoms with Gasteiger partial charge < -0.3 is 19.1 Å². The lowest BCUT2D eigenvalue weighted by Crippen LogP contribution is -2.23. The Kier molecular flexibility index (Phi) is 7.89. The van der Waals surface area contributed by atoms with E-state index in [0.29, 0.717) is 24.0 Å². The lowest BCUT2D eigenvalue weighted by atomic mass is 9.83. The predicted molar refractivity (Wildman–Crippen MR) is 224 cm³/mol. The van der Waals surface area contributed by atoms with Crippen molar-refractivity contribution in [3.05, 3.63) is 149 Å². The van der Waals surface area contributed by atoms with Gasteiger partial charge in [0.15, 0.2) is 0 Å². The van der Waals surface area contributed by atoms with Crippen LogP contribution in [-0.4, -0.2) is 42.7 Å². The Morgan fingerprint density at radius 2 is 1.19 bits per heavy atom. The van der Waals surface area contributed by atoms with Crippen LogP contribution in [0.25, 0.3) is 49.2 Å². The fourth-order valence-corrected chi connectivity index (χ4v) is 10.2. The van der Waals surface area contributed by atoms with Crippen LogP contribution in [0.4, 0.5) is 0 Å². The minimum Gasteiger partial charge on any atom is -0.361 e. The maximum atomic E-state index is 12.8. The van der Waals surface area contributed by atoms with E-state index in [1.165, 1.54) is 32.9 Å². The third-order valence-electron chi connectivity index (χ3n) is 12.7. The number of fused-ring (bicyclic) bond motifs is 2. The summed E-state index contributed by atoms with van der Waals surface area (Å²) in [6.07, 6.45) is 13.5. The maximum absolute atomic E-state index is 12.8. The Labute approximate surface area is 332 Å². The van der Waals surface area contributed by atoms with E-state index < -0.39 is 11.8 Å². The molecular formula is C48H40N6O4. The van der Waals surface area contributed by atoms with E-state index in [-0.39, 0.29) is 23.6 Å². The third-order valence-corrected chi connectivity index (χ3v) is 12.7. The van der Waals surface area contributed by atoms with Crippen LogP contribution in [0.1, 0.15) is 52.1 Å². The topological polar surface area (TPSA) is 134 Å². The number of benzene rings is 4. The molecule has 8 heterocycles. The molecule has 4 aromatic heterocycles. The number of H-pyrrole nitrogens is 2. The van der Waals surface area contributed by atoms with Crippen molar-refractivity contribution in [1.29, 1.82) is 0 Å². The Morgan fingerprint density at radius 3 is 1.91 bits per heavy atom. The van der Waals surface area contributed by atoms with E-state index >= 15 is 0 Å². The van der Waals surface area contributed by atoms with E-state index in [1.807, 2.05) is 60.9 Å². The van der Waals surface area contributed by atoms with Gasteiger partial charge in [0.2, 0.25) is 11.8 Å². The normalized spacial score (nSPS) is 18.8. The Bertz CT molecular complexity index is 3080. The zero-order chi connectivity index (χ0) is 39.1. The SMILES string of the molecule is O=C1NC(=O)C(c2c[nH]c3ccccc23)=C1Cc1cn2c3c(cccc13)CCC2.O=C1NC(=O)[C@@H](c2c[nH]c3ccccc23)[C@@H]1Cc1cn2c3c(cccc13)CCC2. The van der Waals surface area contributed by atoms with Gasteiger partial charge in [-0.15, -0.1) is 0 Å². The van der Waals surface area contributed by atoms with Crippen LogP contribution in [0.2, 0.25) is 0 Å². The van der Waals surface area contributed by atoms with Gasteiger partial charge in [0, 0.05) is 88.0 Å². The highest BCUT2D eigenvalue weighted by atomic mass is 16.2. The molecule has 58 heavy (non-hydrogen) atoms. The first-order chi connectivity index (χ1) is 28.4. The van der Waals surface area contributed by atoms with Crippen LogP contribution in [0.15, 0.2) is 115 Å². The summed E-state index contributed by atoms with van der Waals surface area (Å²) >= 11 is 0. The molecule has 4 aliphatic rings. The maximum Gasteiger partial charge on any atom is 0.259 e. The van der Waals surface area contributed by atoms with Crippen molar-refractivity contribution in [1.82, 2.24) is 29.7 Å². The number of imide groups is 2. The zero-order valence-corrected chi connectivity index (χ0v) is 31.7. The van der Waals surface area contributed by atoms with Crippen LogP contribution in [0, 0.1) is 5.92 Å². The van der Waals surface area contributed by atoms with Gasteiger partial charge in [0.25, 0.3) is 11.8 Å². The summed E-state index contributed by atoms with van der Waals surface area (Å²) in [6, 6.07) is 28.6. The molecule has 4 N–H and O–H groups in total. The second-order valence-electron chi connectivity index (χ2n) is 16.0. The van der Waals surface area contributed by atoms with Crippen LogP contribution in [0.3, 0.4) is 0 Å². The quantitative estimate of drug-likeness (QED) is 0.132. The lowest BCUT2D eigenvalue weighted by molar-refractivity contribution is -0.126. The van der Waals surface area contributed by atoms with Crippen molar-refractivity contribution in [2.24, 2.45) is 5.92 Å². The second-order valence-corrected chi connectivity index (χ2v) is 16.0. The number of amides is 4. The number of aryl methyl sites for hydroxylation is 4. The third kappa shape index (κ3) is 5.39. The molecule has 1 saturated heterocycles. The van der Waals surface area contributed by atoms with Gasteiger partial charge in [-0.25, -0.2) is 0 Å². The van der Waals surface area contributed by atoms with E-state index in [9.17, 15) is 19.2 Å². The number of carbonyl (C=O) groups is 4. The van der Waals surface area contributed by atoms with Gasteiger partial charge in [-0.05, 0) is 72.1 Å². The monoisotopic (exact) mass is 764 g/mol. The number of hydrogen-bond acceptors (Lipinski definition) is 4. The molecule has 0 radical (unpaired) electrons. The fourth-order valence-electron chi connectivity index (χ4n) is 10.2. The number of nitrogens with zero attached hydrogens (tertiary/aromatic N) is 2. The standard InChI is InChI=1S/C24H21N3O2.C24H19N3O2/c2*28-23-18(11-15-13-27-10-4-6-14-5-3-8-16(15)22(14)27)21(24(29)26-23)19-12-25-20-9-2-1-7-17(19)20/h1-3,5,7-9,12-13,18,21,25H,4,6,10-11H2,(H,26,28,29);1-3,5,7-9,12-13,25H,4,6,10-11H2,(H,26,28,29)/t18-,21+;/m0./s1. The first-order valence-corrected chi connectivity index (χ1v) is 20.2. The minimum absolute atomic E-state index is 0.169. The highest BCUT2D eigenvalue weighted by molar-refractivity contribution is 6.37. The van der Waals surface area contributed by atoms with Crippen LogP contribution >= 0.6 is 0 Å². The smallest absolute Gasteiger partial charge is 0.259 e. The zero-order valence-electron chi connectivity index (χ0n) is 31.7. The van der Waals surface area contributed by atoms with Crippen LogP contribution in [-0.2, 0) is 58.0 Å². The summed E-state index contributed by atoms with van der Waals surface area (Å²) in [4.78, 5) is 57.4. The van der Waals surface area contributed by atoms with Gasteiger partial charge in [-0.3, -0.25) is 29.8 Å². The predicted octanol–water partition coefficient (Wildman–Crippen LogP) is 7.39.